The number of amides is 2. The van der Waals surface area contributed by atoms with Crippen LogP contribution in [0.15, 0.2) is 53.5 Å². The molecule has 1 aromatic carbocycles. The van der Waals surface area contributed by atoms with Crippen LogP contribution in [0.4, 0.5) is 0 Å². The van der Waals surface area contributed by atoms with Crippen molar-refractivity contribution in [1.82, 2.24) is 24.7 Å². The number of para-hydroxylation sites is 1. The molecule has 8 nitrogen and oxygen atoms in total. The first-order chi connectivity index (χ1) is 16.1. The molecule has 2 aliphatic rings. The molecule has 0 atom stereocenters. The van der Waals surface area contributed by atoms with Gasteiger partial charge in [0.25, 0.3) is 11.8 Å². The van der Waals surface area contributed by atoms with Crippen molar-refractivity contribution >= 4 is 34.8 Å². The molecule has 5 rings (SSSR count). The Morgan fingerprint density at radius 2 is 1.76 bits per heavy atom. The predicted octanol–water partition coefficient (Wildman–Crippen LogP) is 3.27. The number of piperazine rings is 1. The van der Waals surface area contributed by atoms with Crippen LogP contribution in [0.5, 0.6) is 11.6 Å². The van der Waals surface area contributed by atoms with Gasteiger partial charge in [0.05, 0.1) is 16.1 Å². The van der Waals surface area contributed by atoms with Gasteiger partial charge in [0.15, 0.2) is 0 Å². The summed E-state index contributed by atoms with van der Waals surface area (Å²) in [6.07, 6.45) is 1.53. The number of pyridine rings is 1. The van der Waals surface area contributed by atoms with Gasteiger partial charge in [-0.1, -0.05) is 23.7 Å². The molecule has 2 aliphatic heterocycles. The lowest BCUT2D eigenvalue weighted by Crippen LogP contribution is -2.64. The van der Waals surface area contributed by atoms with Crippen LogP contribution in [0.2, 0.25) is 5.02 Å². The van der Waals surface area contributed by atoms with Gasteiger partial charge in [0.1, 0.15) is 11.4 Å². The van der Waals surface area contributed by atoms with E-state index in [0.29, 0.717) is 60.1 Å². The van der Waals surface area contributed by atoms with Crippen LogP contribution in [-0.4, -0.2) is 81.8 Å². The fourth-order valence-electron chi connectivity index (χ4n) is 4.01. The largest absolute Gasteiger partial charge is 0.437 e. The monoisotopic (exact) mass is 483 g/mol. The maximum absolute atomic E-state index is 12.8. The SMILES string of the molecule is O=C(c1ccc(Oc2ccccc2Cl)nc1)N1CC(N2CCN(C(=O)c3cscn3)CC2)C1. The molecule has 2 saturated heterocycles. The number of nitrogens with zero attached hydrogens (tertiary/aromatic N) is 5. The third kappa shape index (κ3) is 4.71. The van der Waals surface area contributed by atoms with E-state index >= 15 is 0 Å². The number of ether oxygens (including phenoxy) is 1. The van der Waals surface area contributed by atoms with Crippen molar-refractivity contribution in [2.24, 2.45) is 0 Å². The van der Waals surface area contributed by atoms with Gasteiger partial charge in [-0.2, -0.15) is 0 Å². The van der Waals surface area contributed by atoms with Crippen LogP contribution < -0.4 is 4.74 Å². The molecule has 2 fully saturated rings. The van der Waals surface area contributed by atoms with Gasteiger partial charge in [-0.05, 0) is 18.2 Å². The maximum Gasteiger partial charge on any atom is 0.273 e. The summed E-state index contributed by atoms with van der Waals surface area (Å²) >= 11 is 7.54. The molecule has 33 heavy (non-hydrogen) atoms. The van der Waals surface area contributed by atoms with Gasteiger partial charge in [0.2, 0.25) is 5.88 Å². The summed E-state index contributed by atoms with van der Waals surface area (Å²) in [5.41, 5.74) is 2.72. The molecule has 0 bridgehead atoms. The number of likely N-dealkylation sites (tertiary alicyclic amines) is 1. The molecule has 0 unspecified atom stereocenters. The first kappa shape index (κ1) is 21.8. The molecule has 0 saturated carbocycles. The van der Waals surface area contributed by atoms with Gasteiger partial charge in [0, 0.05) is 63.0 Å². The highest BCUT2D eigenvalue weighted by Crippen LogP contribution is 2.28. The summed E-state index contributed by atoms with van der Waals surface area (Å²) in [7, 11) is 0. The smallest absolute Gasteiger partial charge is 0.273 e. The minimum atomic E-state index is -0.0413. The normalized spacial score (nSPS) is 17.0. The second-order valence-corrected chi connectivity index (χ2v) is 9.11. The molecule has 10 heteroatoms. The number of carbonyl (C=O) groups excluding carboxylic acids is 2. The van der Waals surface area contributed by atoms with E-state index in [1.807, 2.05) is 21.9 Å². The van der Waals surface area contributed by atoms with E-state index in [2.05, 4.69) is 14.9 Å². The Morgan fingerprint density at radius 3 is 2.42 bits per heavy atom. The number of hydrogen-bond acceptors (Lipinski definition) is 7. The molecule has 3 aromatic rings. The third-order valence-electron chi connectivity index (χ3n) is 5.95. The molecule has 0 N–H and O–H groups in total. The highest BCUT2D eigenvalue weighted by Gasteiger charge is 2.37. The third-order valence-corrected chi connectivity index (χ3v) is 6.85. The standard InChI is InChI=1S/C23H22ClN5O3S/c24-18-3-1-2-4-20(18)32-21-6-5-16(11-25-21)22(30)29-12-17(13-29)27-7-9-28(10-8-27)23(31)19-14-33-15-26-19/h1-6,11,14-15,17H,7-10,12-13H2. The molecule has 0 aliphatic carbocycles. The fraction of sp³-hybridized carbons (Fsp3) is 0.304. The number of thiazole rings is 1. The van der Waals surface area contributed by atoms with Crippen molar-refractivity contribution in [3.8, 4) is 11.6 Å². The average molecular weight is 484 g/mol. The van der Waals surface area contributed by atoms with E-state index in [4.69, 9.17) is 16.3 Å². The number of benzene rings is 1. The quantitative estimate of drug-likeness (QED) is 0.554. The minimum absolute atomic E-state index is 0.00391. The van der Waals surface area contributed by atoms with Gasteiger partial charge >= 0.3 is 0 Å². The highest BCUT2D eigenvalue weighted by molar-refractivity contribution is 7.07. The summed E-state index contributed by atoms with van der Waals surface area (Å²) in [4.78, 5) is 39.6. The molecular formula is C23H22ClN5O3S. The Hall–Kier alpha value is -3.01. The zero-order valence-electron chi connectivity index (χ0n) is 17.8. The van der Waals surface area contributed by atoms with Crippen molar-refractivity contribution in [3.63, 3.8) is 0 Å². The van der Waals surface area contributed by atoms with Crippen molar-refractivity contribution in [1.29, 1.82) is 0 Å². The van der Waals surface area contributed by atoms with Crippen molar-refractivity contribution in [3.05, 3.63) is 69.8 Å². The maximum atomic E-state index is 12.8. The Labute approximate surface area is 200 Å². The summed E-state index contributed by atoms with van der Waals surface area (Å²) in [6, 6.07) is 10.9. The molecule has 2 amide bonds. The van der Waals surface area contributed by atoms with Gasteiger partial charge < -0.3 is 14.5 Å². The molecule has 4 heterocycles. The predicted molar refractivity (Wildman–Crippen MR) is 125 cm³/mol. The van der Waals surface area contributed by atoms with Crippen LogP contribution in [0.3, 0.4) is 0 Å². The number of halogens is 1. The van der Waals surface area contributed by atoms with Crippen LogP contribution in [0.1, 0.15) is 20.8 Å². The number of hydrogen-bond donors (Lipinski definition) is 0. The number of carbonyl (C=O) groups is 2. The topological polar surface area (TPSA) is 78.9 Å². The van der Waals surface area contributed by atoms with E-state index in [-0.39, 0.29) is 11.8 Å². The zero-order valence-corrected chi connectivity index (χ0v) is 19.3. The summed E-state index contributed by atoms with van der Waals surface area (Å²) < 4.78 is 5.68. The number of rotatable bonds is 5. The Morgan fingerprint density at radius 1 is 0.970 bits per heavy atom. The van der Waals surface area contributed by atoms with E-state index in [1.54, 1.807) is 35.2 Å². The Kier molecular flexibility index (Phi) is 6.26. The molecule has 0 spiro atoms. The van der Waals surface area contributed by atoms with E-state index in [9.17, 15) is 9.59 Å². The minimum Gasteiger partial charge on any atom is -0.437 e. The van der Waals surface area contributed by atoms with E-state index in [1.165, 1.54) is 17.5 Å². The fourth-order valence-corrected chi connectivity index (χ4v) is 4.71. The average Bonchev–Trinajstić information content (AvgIpc) is 3.35. The van der Waals surface area contributed by atoms with E-state index in [0.717, 1.165) is 13.1 Å². The Bertz CT molecular complexity index is 1130. The number of aromatic nitrogens is 2. The van der Waals surface area contributed by atoms with Gasteiger partial charge in [-0.25, -0.2) is 9.97 Å². The second kappa shape index (κ2) is 9.46. The zero-order chi connectivity index (χ0) is 22.8. The van der Waals surface area contributed by atoms with Crippen LogP contribution >= 0.6 is 22.9 Å². The molecule has 170 valence electrons. The van der Waals surface area contributed by atoms with Crippen molar-refractivity contribution < 1.29 is 14.3 Å². The first-order valence-electron chi connectivity index (χ1n) is 10.7. The first-order valence-corrected chi connectivity index (χ1v) is 12.0. The summed E-state index contributed by atoms with van der Waals surface area (Å²) in [5.74, 6) is 0.854. The van der Waals surface area contributed by atoms with Gasteiger partial charge in [-0.3, -0.25) is 14.5 Å². The Balaban J connectivity index is 1.10. The molecule has 2 aromatic heterocycles. The molecule has 0 radical (unpaired) electrons. The summed E-state index contributed by atoms with van der Waals surface area (Å²) in [5, 5.41) is 2.29. The second-order valence-electron chi connectivity index (χ2n) is 7.98. The van der Waals surface area contributed by atoms with Crippen LogP contribution in [0.25, 0.3) is 0 Å². The van der Waals surface area contributed by atoms with Gasteiger partial charge in [-0.15, -0.1) is 11.3 Å². The highest BCUT2D eigenvalue weighted by atomic mass is 35.5. The van der Waals surface area contributed by atoms with Crippen LogP contribution in [-0.2, 0) is 0 Å². The summed E-state index contributed by atoms with van der Waals surface area (Å²) in [6.45, 7) is 4.32. The van der Waals surface area contributed by atoms with Crippen LogP contribution in [0, 0.1) is 0 Å². The van der Waals surface area contributed by atoms with E-state index < -0.39 is 0 Å². The lowest BCUT2D eigenvalue weighted by Gasteiger charge is -2.48. The van der Waals surface area contributed by atoms with Crippen molar-refractivity contribution in [2.45, 2.75) is 6.04 Å². The molecular weight excluding hydrogens is 462 g/mol. The lowest BCUT2D eigenvalue weighted by molar-refractivity contribution is 0.00842. The van der Waals surface area contributed by atoms with Crippen molar-refractivity contribution in [2.75, 3.05) is 39.3 Å². The lowest BCUT2D eigenvalue weighted by atomic mass is 10.0.